The molecule has 74 valence electrons. The van der Waals surface area contributed by atoms with Crippen LogP contribution < -0.4 is 5.73 Å². The minimum atomic E-state index is -3.18. The predicted molar refractivity (Wildman–Crippen MR) is 56.2 cm³/mol. The van der Waals surface area contributed by atoms with E-state index in [1.54, 1.807) is 0 Å². The van der Waals surface area contributed by atoms with Gasteiger partial charge in [-0.3, -0.25) is 0 Å². The number of anilines is 1. The van der Waals surface area contributed by atoms with Crippen molar-refractivity contribution in [2.24, 2.45) is 0 Å². The summed E-state index contributed by atoms with van der Waals surface area (Å²) in [5.74, 6) is 0. The third kappa shape index (κ3) is 3.06. The van der Waals surface area contributed by atoms with Crippen molar-refractivity contribution >= 4 is 39.5 Å². The van der Waals surface area contributed by atoms with Crippen LogP contribution in [0.25, 0.3) is 0 Å². The Kier molecular flexibility index (Phi) is 4.03. The molecule has 0 aliphatic carbocycles. The largest absolute Gasteiger partial charge is 0.397 e. The molecule has 1 rings (SSSR count). The second kappa shape index (κ2) is 4.17. The summed E-state index contributed by atoms with van der Waals surface area (Å²) in [6, 6.07) is 4.24. The van der Waals surface area contributed by atoms with Crippen LogP contribution in [-0.2, 0) is 9.84 Å². The van der Waals surface area contributed by atoms with Crippen LogP contribution >= 0.6 is 24.0 Å². The van der Waals surface area contributed by atoms with Gasteiger partial charge in [-0.05, 0) is 18.2 Å². The fourth-order valence-electron chi connectivity index (χ4n) is 0.752. The lowest BCUT2D eigenvalue weighted by Gasteiger charge is -2.00. The number of rotatable bonds is 1. The van der Waals surface area contributed by atoms with E-state index in [0.717, 1.165) is 6.26 Å². The van der Waals surface area contributed by atoms with Gasteiger partial charge in [0.15, 0.2) is 9.84 Å². The first-order chi connectivity index (χ1) is 5.41. The van der Waals surface area contributed by atoms with E-state index in [1.165, 1.54) is 18.2 Å². The number of sulfone groups is 1. The van der Waals surface area contributed by atoms with Crippen LogP contribution in [0.1, 0.15) is 0 Å². The molecule has 1 aromatic rings. The Morgan fingerprint density at radius 2 is 1.92 bits per heavy atom. The summed E-state index contributed by atoms with van der Waals surface area (Å²) in [4.78, 5) is 0.185. The standard InChI is InChI=1S/C7H8ClNO2S.ClH/c1-12(10,11)5-2-3-6(8)7(9)4-5;/h2-4H,9H2,1H3;1H. The zero-order valence-electron chi connectivity index (χ0n) is 6.82. The molecule has 0 radical (unpaired) electrons. The van der Waals surface area contributed by atoms with Gasteiger partial charge < -0.3 is 5.73 Å². The number of hydrogen-bond acceptors (Lipinski definition) is 3. The van der Waals surface area contributed by atoms with E-state index in [-0.39, 0.29) is 23.0 Å². The molecule has 2 N–H and O–H groups in total. The summed E-state index contributed by atoms with van der Waals surface area (Å²) in [6.45, 7) is 0. The molecule has 0 atom stereocenters. The Bertz CT molecular complexity index is 403. The van der Waals surface area contributed by atoms with E-state index < -0.39 is 9.84 Å². The summed E-state index contributed by atoms with van der Waals surface area (Å²) in [7, 11) is -3.18. The number of nitrogen functional groups attached to an aromatic ring is 1. The van der Waals surface area contributed by atoms with E-state index in [2.05, 4.69) is 0 Å². The maximum Gasteiger partial charge on any atom is 0.175 e. The topological polar surface area (TPSA) is 60.2 Å². The molecule has 0 saturated heterocycles. The minimum absolute atomic E-state index is 0. The SMILES string of the molecule is CS(=O)(=O)c1ccc(Cl)c(N)c1.Cl. The van der Waals surface area contributed by atoms with Crippen LogP contribution in [0.15, 0.2) is 23.1 Å². The molecule has 0 aliphatic rings. The lowest BCUT2D eigenvalue weighted by molar-refractivity contribution is 0.602. The van der Waals surface area contributed by atoms with Crippen molar-refractivity contribution in [3.05, 3.63) is 23.2 Å². The van der Waals surface area contributed by atoms with E-state index in [0.29, 0.717) is 5.02 Å². The van der Waals surface area contributed by atoms with Crippen molar-refractivity contribution < 1.29 is 8.42 Å². The molecule has 0 spiro atoms. The van der Waals surface area contributed by atoms with Crippen LogP contribution in [0.5, 0.6) is 0 Å². The molecule has 0 aromatic heterocycles. The van der Waals surface area contributed by atoms with Gasteiger partial charge in [-0.15, -0.1) is 12.4 Å². The average molecular weight is 242 g/mol. The molecule has 1 aromatic carbocycles. The quantitative estimate of drug-likeness (QED) is 0.763. The number of benzene rings is 1. The van der Waals surface area contributed by atoms with Crippen LogP contribution in [-0.4, -0.2) is 14.7 Å². The van der Waals surface area contributed by atoms with Crippen LogP contribution in [0, 0.1) is 0 Å². The van der Waals surface area contributed by atoms with Crippen molar-refractivity contribution in [2.45, 2.75) is 4.90 Å². The molecule has 13 heavy (non-hydrogen) atoms. The number of nitrogens with two attached hydrogens (primary N) is 1. The third-order valence-electron chi connectivity index (χ3n) is 1.40. The molecule has 0 unspecified atom stereocenters. The highest BCUT2D eigenvalue weighted by Gasteiger charge is 2.07. The first kappa shape index (κ1) is 12.6. The summed E-state index contributed by atoms with van der Waals surface area (Å²) >= 11 is 5.61. The Morgan fingerprint density at radius 3 is 2.31 bits per heavy atom. The number of hydrogen-bond donors (Lipinski definition) is 1. The first-order valence-electron chi connectivity index (χ1n) is 3.16. The Balaban J connectivity index is 0.00000144. The van der Waals surface area contributed by atoms with Gasteiger partial charge in [0.2, 0.25) is 0 Å². The van der Waals surface area contributed by atoms with Gasteiger partial charge in [-0.2, -0.15) is 0 Å². The van der Waals surface area contributed by atoms with Crippen molar-refractivity contribution in [1.29, 1.82) is 0 Å². The normalized spacial score (nSPS) is 10.6. The van der Waals surface area contributed by atoms with Crippen LogP contribution in [0.2, 0.25) is 5.02 Å². The molecular formula is C7H9Cl2NO2S. The molecule has 0 saturated carbocycles. The smallest absolute Gasteiger partial charge is 0.175 e. The van der Waals surface area contributed by atoms with E-state index >= 15 is 0 Å². The maximum absolute atomic E-state index is 11.0. The monoisotopic (exact) mass is 241 g/mol. The highest BCUT2D eigenvalue weighted by Crippen LogP contribution is 2.21. The van der Waals surface area contributed by atoms with Crippen LogP contribution in [0.4, 0.5) is 5.69 Å². The molecule has 0 aliphatic heterocycles. The van der Waals surface area contributed by atoms with Crippen LogP contribution in [0.3, 0.4) is 0 Å². The average Bonchev–Trinajstić information content (AvgIpc) is 1.92. The van der Waals surface area contributed by atoms with Crippen molar-refractivity contribution in [3.63, 3.8) is 0 Å². The second-order valence-corrected chi connectivity index (χ2v) is 4.88. The highest BCUT2D eigenvalue weighted by molar-refractivity contribution is 7.90. The highest BCUT2D eigenvalue weighted by atomic mass is 35.5. The minimum Gasteiger partial charge on any atom is -0.397 e. The van der Waals surface area contributed by atoms with E-state index in [9.17, 15) is 8.42 Å². The molecular weight excluding hydrogens is 233 g/mol. The van der Waals surface area contributed by atoms with Gasteiger partial charge >= 0.3 is 0 Å². The van der Waals surface area contributed by atoms with Gasteiger partial charge in [-0.25, -0.2) is 8.42 Å². The molecule has 0 bridgehead atoms. The number of halogens is 2. The molecule has 6 heteroatoms. The van der Waals surface area contributed by atoms with Crippen molar-refractivity contribution in [2.75, 3.05) is 12.0 Å². The summed E-state index contributed by atoms with van der Waals surface area (Å²) in [5, 5.41) is 0.363. The Morgan fingerprint density at radius 1 is 1.38 bits per heavy atom. The van der Waals surface area contributed by atoms with Crippen molar-refractivity contribution in [3.8, 4) is 0 Å². The Labute approximate surface area is 88.2 Å². The predicted octanol–water partition coefficient (Wildman–Crippen LogP) is 1.75. The third-order valence-corrected chi connectivity index (χ3v) is 2.85. The fraction of sp³-hybridized carbons (Fsp3) is 0.143. The van der Waals surface area contributed by atoms with E-state index in [1.807, 2.05) is 0 Å². The first-order valence-corrected chi connectivity index (χ1v) is 5.43. The van der Waals surface area contributed by atoms with Gasteiger partial charge in [0, 0.05) is 6.26 Å². The Hall–Kier alpha value is -0.450. The molecule has 3 nitrogen and oxygen atoms in total. The van der Waals surface area contributed by atoms with Gasteiger partial charge in [0.05, 0.1) is 15.6 Å². The molecule has 0 fully saturated rings. The lowest BCUT2D eigenvalue weighted by Crippen LogP contribution is -1.98. The fourth-order valence-corrected chi connectivity index (χ4v) is 1.53. The zero-order valence-corrected chi connectivity index (χ0v) is 9.21. The van der Waals surface area contributed by atoms with Gasteiger partial charge in [0.1, 0.15) is 0 Å². The van der Waals surface area contributed by atoms with E-state index in [4.69, 9.17) is 17.3 Å². The van der Waals surface area contributed by atoms with Gasteiger partial charge in [0.25, 0.3) is 0 Å². The summed E-state index contributed by atoms with van der Waals surface area (Å²) in [5.41, 5.74) is 5.70. The summed E-state index contributed by atoms with van der Waals surface area (Å²) in [6.07, 6.45) is 1.12. The summed E-state index contributed by atoms with van der Waals surface area (Å²) < 4.78 is 22.0. The van der Waals surface area contributed by atoms with Gasteiger partial charge in [-0.1, -0.05) is 11.6 Å². The zero-order chi connectivity index (χ0) is 9.35. The molecule has 0 amide bonds. The maximum atomic E-state index is 11.0. The second-order valence-electron chi connectivity index (χ2n) is 2.46. The lowest BCUT2D eigenvalue weighted by atomic mass is 10.3. The molecule has 0 heterocycles. The van der Waals surface area contributed by atoms with Crippen molar-refractivity contribution in [1.82, 2.24) is 0 Å².